The van der Waals surface area contributed by atoms with E-state index in [2.05, 4.69) is 10.6 Å². The highest BCUT2D eigenvalue weighted by atomic mass is 19.1. The van der Waals surface area contributed by atoms with Crippen LogP contribution in [0.4, 0.5) is 10.1 Å². The second-order valence-corrected chi connectivity index (χ2v) is 5.28. The number of amides is 2. The molecule has 2 aromatic rings. The van der Waals surface area contributed by atoms with Crippen molar-refractivity contribution in [3.63, 3.8) is 0 Å². The average molecular weight is 330 g/mol. The van der Waals surface area contributed by atoms with Crippen LogP contribution in [0.3, 0.4) is 0 Å². The molecule has 0 aliphatic rings. The minimum Gasteiger partial charge on any atom is -0.387 e. The molecule has 0 aliphatic carbocycles. The summed E-state index contributed by atoms with van der Waals surface area (Å²) in [6, 6.07) is 12.4. The first-order valence-corrected chi connectivity index (χ1v) is 7.61. The SMILES string of the molecule is CCc1ccc(NC(=O)C(=O)NCC(O)c2ccc(F)cc2)cc1. The van der Waals surface area contributed by atoms with Crippen LogP contribution < -0.4 is 10.6 Å². The number of rotatable bonds is 5. The molecule has 1 unspecified atom stereocenters. The third-order valence-electron chi connectivity index (χ3n) is 3.54. The third-order valence-corrected chi connectivity index (χ3v) is 3.54. The average Bonchev–Trinajstić information content (AvgIpc) is 2.60. The van der Waals surface area contributed by atoms with Crippen LogP contribution in [-0.4, -0.2) is 23.5 Å². The van der Waals surface area contributed by atoms with Gasteiger partial charge in [-0.1, -0.05) is 31.2 Å². The molecule has 1 atom stereocenters. The monoisotopic (exact) mass is 330 g/mol. The molecular weight excluding hydrogens is 311 g/mol. The molecule has 0 radical (unpaired) electrons. The van der Waals surface area contributed by atoms with Crippen LogP contribution in [0.1, 0.15) is 24.2 Å². The number of hydrogen-bond acceptors (Lipinski definition) is 3. The van der Waals surface area contributed by atoms with Crippen LogP contribution >= 0.6 is 0 Å². The van der Waals surface area contributed by atoms with Crippen molar-refractivity contribution in [2.45, 2.75) is 19.4 Å². The van der Waals surface area contributed by atoms with Crippen molar-refractivity contribution < 1.29 is 19.1 Å². The summed E-state index contributed by atoms with van der Waals surface area (Å²) in [5.74, 6) is -2.08. The normalized spacial score (nSPS) is 11.6. The summed E-state index contributed by atoms with van der Waals surface area (Å²) in [6.45, 7) is 1.88. The van der Waals surface area contributed by atoms with Crippen LogP contribution in [0.2, 0.25) is 0 Å². The Morgan fingerprint density at radius 1 is 1.04 bits per heavy atom. The molecule has 0 fully saturated rings. The van der Waals surface area contributed by atoms with Gasteiger partial charge in [0.2, 0.25) is 0 Å². The fourth-order valence-corrected chi connectivity index (χ4v) is 2.08. The van der Waals surface area contributed by atoms with Gasteiger partial charge in [-0.2, -0.15) is 0 Å². The van der Waals surface area contributed by atoms with E-state index in [9.17, 15) is 19.1 Å². The van der Waals surface area contributed by atoms with Crippen molar-refractivity contribution in [1.82, 2.24) is 5.32 Å². The standard InChI is InChI=1S/C18H19FN2O3/c1-2-12-3-9-15(10-4-12)21-18(24)17(23)20-11-16(22)13-5-7-14(19)8-6-13/h3-10,16,22H,2,11H2,1H3,(H,20,23)(H,21,24). The van der Waals surface area contributed by atoms with E-state index in [0.717, 1.165) is 12.0 Å². The lowest BCUT2D eigenvalue weighted by Crippen LogP contribution is -2.37. The first-order chi connectivity index (χ1) is 11.5. The Hall–Kier alpha value is -2.73. The molecule has 5 nitrogen and oxygen atoms in total. The fourth-order valence-electron chi connectivity index (χ4n) is 2.08. The van der Waals surface area contributed by atoms with Gasteiger partial charge in [0, 0.05) is 12.2 Å². The molecule has 6 heteroatoms. The van der Waals surface area contributed by atoms with Gasteiger partial charge in [0.05, 0.1) is 6.10 Å². The Morgan fingerprint density at radius 3 is 2.25 bits per heavy atom. The van der Waals surface area contributed by atoms with Gasteiger partial charge in [0.15, 0.2) is 0 Å². The first-order valence-electron chi connectivity index (χ1n) is 7.61. The maximum atomic E-state index is 12.8. The molecule has 126 valence electrons. The lowest BCUT2D eigenvalue weighted by Gasteiger charge is -2.12. The van der Waals surface area contributed by atoms with Crippen molar-refractivity contribution in [2.75, 3.05) is 11.9 Å². The Kier molecular flexibility index (Phi) is 6.03. The fraction of sp³-hybridized carbons (Fsp3) is 0.222. The Bertz CT molecular complexity index is 699. The zero-order valence-corrected chi connectivity index (χ0v) is 13.3. The molecule has 24 heavy (non-hydrogen) atoms. The van der Waals surface area contributed by atoms with Crippen molar-refractivity contribution in [2.24, 2.45) is 0 Å². The first kappa shape index (κ1) is 17.6. The van der Waals surface area contributed by atoms with Gasteiger partial charge in [-0.3, -0.25) is 9.59 Å². The van der Waals surface area contributed by atoms with Gasteiger partial charge in [0.25, 0.3) is 0 Å². The van der Waals surface area contributed by atoms with Crippen LogP contribution in [-0.2, 0) is 16.0 Å². The smallest absolute Gasteiger partial charge is 0.313 e. The van der Waals surface area contributed by atoms with Crippen molar-refractivity contribution in [3.8, 4) is 0 Å². The number of benzene rings is 2. The number of aryl methyl sites for hydroxylation is 1. The van der Waals surface area contributed by atoms with Crippen molar-refractivity contribution in [1.29, 1.82) is 0 Å². The molecule has 2 aromatic carbocycles. The molecule has 0 aromatic heterocycles. The molecule has 0 heterocycles. The molecule has 0 saturated heterocycles. The highest BCUT2D eigenvalue weighted by molar-refractivity contribution is 6.39. The van der Waals surface area contributed by atoms with Crippen LogP contribution in [0.15, 0.2) is 48.5 Å². The zero-order valence-electron chi connectivity index (χ0n) is 13.3. The lowest BCUT2D eigenvalue weighted by atomic mass is 10.1. The molecule has 0 spiro atoms. The molecule has 2 amide bonds. The van der Waals surface area contributed by atoms with Gasteiger partial charge in [-0.25, -0.2) is 4.39 Å². The van der Waals surface area contributed by atoms with E-state index < -0.39 is 23.7 Å². The topological polar surface area (TPSA) is 78.4 Å². The highest BCUT2D eigenvalue weighted by Gasteiger charge is 2.16. The Labute approximate surface area is 139 Å². The summed E-state index contributed by atoms with van der Waals surface area (Å²) in [4.78, 5) is 23.6. The van der Waals surface area contributed by atoms with Crippen LogP contribution in [0.25, 0.3) is 0 Å². The summed E-state index contributed by atoms with van der Waals surface area (Å²) >= 11 is 0. The van der Waals surface area contributed by atoms with Gasteiger partial charge >= 0.3 is 11.8 Å². The van der Waals surface area contributed by atoms with E-state index in [1.165, 1.54) is 24.3 Å². The number of anilines is 1. The maximum absolute atomic E-state index is 12.8. The lowest BCUT2D eigenvalue weighted by molar-refractivity contribution is -0.136. The number of aliphatic hydroxyl groups excluding tert-OH is 1. The summed E-state index contributed by atoms with van der Waals surface area (Å²) in [6.07, 6.45) is -0.137. The van der Waals surface area contributed by atoms with E-state index in [4.69, 9.17) is 0 Å². The minimum atomic E-state index is -1.02. The van der Waals surface area contributed by atoms with Gasteiger partial charge in [0.1, 0.15) is 5.82 Å². The zero-order chi connectivity index (χ0) is 17.5. The molecule has 0 saturated carbocycles. The van der Waals surface area contributed by atoms with Crippen molar-refractivity contribution >= 4 is 17.5 Å². The molecule has 0 bridgehead atoms. The van der Waals surface area contributed by atoms with Crippen LogP contribution in [0.5, 0.6) is 0 Å². The Morgan fingerprint density at radius 2 is 1.67 bits per heavy atom. The van der Waals surface area contributed by atoms with E-state index in [-0.39, 0.29) is 6.54 Å². The second kappa shape index (κ2) is 8.21. The summed E-state index contributed by atoms with van der Waals surface area (Å²) < 4.78 is 12.8. The van der Waals surface area contributed by atoms with E-state index >= 15 is 0 Å². The molecule has 2 rings (SSSR count). The quantitative estimate of drug-likeness (QED) is 0.735. The van der Waals surface area contributed by atoms with Crippen molar-refractivity contribution in [3.05, 3.63) is 65.5 Å². The number of hydrogen-bond donors (Lipinski definition) is 3. The predicted octanol–water partition coefficient (Wildman–Crippen LogP) is 2.18. The van der Waals surface area contributed by atoms with Crippen LogP contribution in [0, 0.1) is 5.82 Å². The predicted molar refractivity (Wildman–Crippen MR) is 88.8 cm³/mol. The maximum Gasteiger partial charge on any atom is 0.313 e. The number of halogens is 1. The van der Waals surface area contributed by atoms with Gasteiger partial charge in [-0.15, -0.1) is 0 Å². The third kappa shape index (κ3) is 4.89. The Balaban J connectivity index is 1.84. The van der Waals surface area contributed by atoms with E-state index in [1.807, 2.05) is 19.1 Å². The number of aliphatic hydroxyl groups is 1. The molecule has 3 N–H and O–H groups in total. The summed E-state index contributed by atoms with van der Waals surface area (Å²) in [5.41, 5.74) is 2.10. The second-order valence-electron chi connectivity index (χ2n) is 5.28. The molecule has 0 aliphatic heterocycles. The number of carbonyl (C=O) groups excluding carboxylic acids is 2. The number of nitrogens with one attached hydrogen (secondary N) is 2. The van der Waals surface area contributed by atoms with E-state index in [0.29, 0.717) is 11.3 Å². The summed E-state index contributed by atoms with van der Waals surface area (Å²) in [5, 5.41) is 14.7. The van der Waals surface area contributed by atoms with E-state index in [1.54, 1.807) is 12.1 Å². The minimum absolute atomic E-state index is 0.146. The van der Waals surface area contributed by atoms with Gasteiger partial charge in [-0.05, 0) is 41.8 Å². The largest absolute Gasteiger partial charge is 0.387 e. The van der Waals surface area contributed by atoms with Gasteiger partial charge < -0.3 is 15.7 Å². The number of carbonyl (C=O) groups is 2. The highest BCUT2D eigenvalue weighted by Crippen LogP contribution is 2.12. The summed E-state index contributed by atoms with van der Waals surface area (Å²) in [7, 11) is 0. The molecular formula is C18H19FN2O3.